The third-order valence-corrected chi connectivity index (χ3v) is 3.46. The normalized spacial score (nSPS) is 11.1. The van der Waals surface area contributed by atoms with Crippen LogP contribution in [0.1, 0.15) is 90.9 Å². The van der Waals surface area contributed by atoms with Crippen LogP contribution >= 0.6 is 0 Å². The van der Waals surface area contributed by atoms with E-state index >= 15 is 0 Å². The molecule has 118 valence electrons. The summed E-state index contributed by atoms with van der Waals surface area (Å²) in [4.78, 5) is 10.5. The molecule has 0 saturated carbocycles. The lowest BCUT2D eigenvalue weighted by atomic mass is 10.1. The van der Waals surface area contributed by atoms with Gasteiger partial charge in [0.2, 0.25) is 0 Å². The lowest BCUT2D eigenvalue weighted by molar-refractivity contribution is -0.141. The number of rotatable bonds is 14. The van der Waals surface area contributed by atoms with E-state index in [2.05, 4.69) is 19.1 Å². The van der Waals surface area contributed by atoms with Crippen molar-refractivity contribution in [3.8, 4) is 0 Å². The van der Waals surface area contributed by atoms with Gasteiger partial charge in [-0.15, -0.1) is 0 Å². The van der Waals surface area contributed by atoms with Crippen LogP contribution in [0.15, 0.2) is 12.2 Å². The standard InChI is InChI=1S/C18H34O2/c1-3-4-5-6-7-8-9-10-11-12-13-14-15-16-17-20-18(2)19/h12-13H,3-11,14-17H2,1-2H3. The summed E-state index contributed by atoms with van der Waals surface area (Å²) in [5.74, 6) is -0.171. The first-order chi connectivity index (χ1) is 9.77. The van der Waals surface area contributed by atoms with Gasteiger partial charge in [-0.1, -0.05) is 64.0 Å². The molecule has 0 aliphatic carbocycles. The SMILES string of the molecule is CCCCCCCCCCC=CCCCCOC(C)=O. The van der Waals surface area contributed by atoms with Gasteiger partial charge in [0, 0.05) is 6.92 Å². The average molecular weight is 282 g/mol. The Kier molecular flexibility index (Phi) is 15.6. The molecular formula is C18H34O2. The fourth-order valence-corrected chi connectivity index (χ4v) is 2.21. The monoisotopic (exact) mass is 282 g/mol. The Labute approximate surface area is 126 Å². The van der Waals surface area contributed by atoms with Gasteiger partial charge in [0.1, 0.15) is 0 Å². The fourth-order valence-electron chi connectivity index (χ4n) is 2.21. The number of carbonyl (C=O) groups is 1. The van der Waals surface area contributed by atoms with E-state index in [0.29, 0.717) is 6.61 Å². The van der Waals surface area contributed by atoms with E-state index in [0.717, 1.165) is 19.3 Å². The summed E-state index contributed by atoms with van der Waals surface area (Å²) >= 11 is 0. The van der Waals surface area contributed by atoms with Crippen LogP contribution in [0.2, 0.25) is 0 Å². The molecule has 2 nitrogen and oxygen atoms in total. The molecule has 0 rings (SSSR count). The second kappa shape index (κ2) is 16.3. The van der Waals surface area contributed by atoms with Crippen LogP contribution in [-0.4, -0.2) is 12.6 Å². The molecule has 0 aliphatic rings. The average Bonchev–Trinajstić information content (AvgIpc) is 2.43. The second-order valence-corrected chi connectivity index (χ2v) is 5.57. The quantitative estimate of drug-likeness (QED) is 0.228. The van der Waals surface area contributed by atoms with E-state index in [4.69, 9.17) is 4.74 Å². The maximum atomic E-state index is 10.5. The van der Waals surface area contributed by atoms with Crippen molar-refractivity contribution in [2.24, 2.45) is 0 Å². The fraction of sp³-hybridized carbons (Fsp3) is 0.833. The zero-order chi connectivity index (χ0) is 14.9. The van der Waals surface area contributed by atoms with Gasteiger partial charge >= 0.3 is 5.97 Å². The van der Waals surface area contributed by atoms with Crippen LogP contribution in [0.3, 0.4) is 0 Å². The minimum Gasteiger partial charge on any atom is -0.466 e. The largest absolute Gasteiger partial charge is 0.466 e. The highest BCUT2D eigenvalue weighted by Gasteiger charge is 1.92. The summed E-state index contributed by atoms with van der Waals surface area (Å²) < 4.78 is 4.89. The van der Waals surface area contributed by atoms with Crippen molar-refractivity contribution in [3.05, 3.63) is 12.2 Å². The molecule has 0 aromatic heterocycles. The first-order valence-corrected chi connectivity index (χ1v) is 8.55. The van der Waals surface area contributed by atoms with E-state index in [1.54, 1.807) is 0 Å². The molecule has 0 aliphatic heterocycles. The molecule has 0 saturated heterocycles. The molecule has 0 fully saturated rings. The number of esters is 1. The number of carbonyl (C=O) groups excluding carboxylic acids is 1. The highest BCUT2D eigenvalue weighted by molar-refractivity contribution is 5.65. The third kappa shape index (κ3) is 17.2. The molecule has 0 aromatic rings. The summed E-state index contributed by atoms with van der Waals surface area (Å²) in [6.07, 6.45) is 20.1. The summed E-state index contributed by atoms with van der Waals surface area (Å²) in [5.41, 5.74) is 0. The Morgan fingerprint density at radius 2 is 1.30 bits per heavy atom. The van der Waals surface area contributed by atoms with Crippen molar-refractivity contribution >= 4 is 5.97 Å². The van der Waals surface area contributed by atoms with Gasteiger partial charge in [-0.3, -0.25) is 4.79 Å². The smallest absolute Gasteiger partial charge is 0.302 e. The highest BCUT2D eigenvalue weighted by atomic mass is 16.5. The third-order valence-electron chi connectivity index (χ3n) is 3.46. The van der Waals surface area contributed by atoms with Gasteiger partial charge in [-0.05, 0) is 32.1 Å². The maximum Gasteiger partial charge on any atom is 0.302 e. The predicted molar refractivity (Wildman–Crippen MR) is 86.9 cm³/mol. The van der Waals surface area contributed by atoms with Crippen molar-refractivity contribution in [2.45, 2.75) is 90.9 Å². The first-order valence-electron chi connectivity index (χ1n) is 8.55. The van der Waals surface area contributed by atoms with E-state index in [1.807, 2.05) is 0 Å². The van der Waals surface area contributed by atoms with Crippen LogP contribution < -0.4 is 0 Å². The molecule has 2 heteroatoms. The molecule has 0 spiro atoms. The molecule has 0 atom stereocenters. The van der Waals surface area contributed by atoms with Crippen LogP contribution in [-0.2, 0) is 9.53 Å². The van der Waals surface area contributed by atoms with Crippen LogP contribution in [0.5, 0.6) is 0 Å². The van der Waals surface area contributed by atoms with Gasteiger partial charge in [0.25, 0.3) is 0 Å². The first kappa shape index (κ1) is 19.2. The molecular weight excluding hydrogens is 248 g/mol. The zero-order valence-corrected chi connectivity index (χ0v) is 13.7. The number of unbranched alkanes of at least 4 members (excludes halogenated alkanes) is 10. The lowest BCUT2D eigenvalue weighted by Crippen LogP contribution is -1.99. The maximum absolute atomic E-state index is 10.5. The zero-order valence-electron chi connectivity index (χ0n) is 13.7. The Morgan fingerprint density at radius 3 is 1.85 bits per heavy atom. The number of hydrogen-bond acceptors (Lipinski definition) is 2. The van der Waals surface area contributed by atoms with Gasteiger partial charge < -0.3 is 4.74 Å². The summed E-state index contributed by atoms with van der Waals surface area (Å²) in [5, 5.41) is 0. The van der Waals surface area contributed by atoms with Gasteiger partial charge in [0.15, 0.2) is 0 Å². The summed E-state index contributed by atoms with van der Waals surface area (Å²) in [6.45, 7) is 4.30. The number of ether oxygens (including phenoxy) is 1. The molecule has 0 heterocycles. The van der Waals surface area contributed by atoms with E-state index < -0.39 is 0 Å². The van der Waals surface area contributed by atoms with Crippen LogP contribution in [0.25, 0.3) is 0 Å². The number of hydrogen-bond donors (Lipinski definition) is 0. The summed E-state index contributed by atoms with van der Waals surface area (Å²) in [7, 11) is 0. The molecule has 0 aromatic carbocycles. The highest BCUT2D eigenvalue weighted by Crippen LogP contribution is 2.10. The topological polar surface area (TPSA) is 26.3 Å². The minimum absolute atomic E-state index is 0.171. The van der Waals surface area contributed by atoms with E-state index in [9.17, 15) is 4.79 Å². The van der Waals surface area contributed by atoms with Crippen molar-refractivity contribution in [1.29, 1.82) is 0 Å². The molecule has 0 amide bonds. The second-order valence-electron chi connectivity index (χ2n) is 5.57. The van der Waals surface area contributed by atoms with E-state index in [-0.39, 0.29) is 5.97 Å². The van der Waals surface area contributed by atoms with Crippen LogP contribution in [0, 0.1) is 0 Å². The Balaban J connectivity index is 3.07. The van der Waals surface area contributed by atoms with Crippen molar-refractivity contribution < 1.29 is 9.53 Å². The summed E-state index contributed by atoms with van der Waals surface area (Å²) in [6, 6.07) is 0. The Hall–Kier alpha value is -0.790. The molecule has 0 N–H and O–H groups in total. The Bertz CT molecular complexity index is 234. The minimum atomic E-state index is -0.171. The molecule has 0 bridgehead atoms. The molecule has 0 radical (unpaired) electrons. The lowest BCUT2D eigenvalue weighted by Gasteiger charge is -2.00. The molecule has 0 unspecified atom stereocenters. The van der Waals surface area contributed by atoms with Crippen molar-refractivity contribution in [3.63, 3.8) is 0 Å². The van der Waals surface area contributed by atoms with Gasteiger partial charge in [-0.2, -0.15) is 0 Å². The van der Waals surface area contributed by atoms with E-state index in [1.165, 1.54) is 64.7 Å². The molecule has 20 heavy (non-hydrogen) atoms. The van der Waals surface area contributed by atoms with Gasteiger partial charge in [-0.25, -0.2) is 0 Å². The van der Waals surface area contributed by atoms with Crippen LogP contribution in [0.4, 0.5) is 0 Å². The van der Waals surface area contributed by atoms with Crippen molar-refractivity contribution in [1.82, 2.24) is 0 Å². The number of allylic oxidation sites excluding steroid dienone is 2. The Morgan fingerprint density at radius 1 is 0.800 bits per heavy atom. The van der Waals surface area contributed by atoms with Crippen molar-refractivity contribution in [2.75, 3.05) is 6.61 Å². The van der Waals surface area contributed by atoms with Gasteiger partial charge in [0.05, 0.1) is 6.61 Å². The predicted octanol–water partition coefficient (Wildman–Crippen LogP) is 5.81.